The Morgan fingerprint density at radius 3 is 2.37 bits per heavy atom. The Kier molecular flexibility index (Phi) is 5.18. The lowest BCUT2D eigenvalue weighted by molar-refractivity contribution is -0.253. The van der Waals surface area contributed by atoms with E-state index >= 15 is 0 Å². The third-order valence-electron chi connectivity index (χ3n) is 5.69. The second kappa shape index (κ2) is 7.12. The van der Waals surface area contributed by atoms with Crippen molar-refractivity contribution >= 4 is 6.03 Å². The fourth-order valence-corrected chi connectivity index (χ4v) is 3.98. The van der Waals surface area contributed by atoms with Crippen LogP contribution in [0.15, 0.2) is 18.3 Å². The van der Waals surface area contributed by atoms with Gasteiger partial charge in [0.25, 0.3) is 0 Å². The van der Waals surface area contributed by atoms with Crippen LogP contribution in [0.25, 0.3) is 0 Å². The highest BCUT2D eigenvalue weighted by Gasteiger charge is 2.61. The Morgan fingerprint density at radius 1 is 1.19 bits per heavy atom. The first-order valence-corrected chi connectivity index (χ1v) is 8.66. The van der Waals surface area contributed by atoms with Crippen LogP contribution in [0.3, 0.4) is 0 Å². The summed E-state index contributed by atoms with van der Waals surface area (Å²) in [6, 6.07) is 2.32. The van der Waals surface area contributed by atoms with Crippen LogP contribution in [0.4, 0.5) is 26.7 Å². The molecule has 3 fully saturated rings. The van der Waals surface area contributed by atoms with Gasteiger partial charge in [-0.15, -0.1) is 0 Å². The van der Waals surface area contributed by atoms with Crippen molar-refractivity contribution in [3.8, 4) is 5.88 Å². The number of urea groups is 1. The van der Waals surface area contributed by atoms with Gasteiger partial charge < -0.3 is 15.4 Å². The van der Waals surface area contributed by atoms with Gasteiger partial charge >= 0.3 is 18.8 Å². The Balaban J connectivity index is 1.52. The first kappa shape index (κ1) is 19.6. The van der Waals surface area contributed by atoms with Gasteiger partial charge in [0.2, 0.25) is 5.88 Å². The van der Waals surface area contributed by atoms with Crippen molar-refractivity contribution in [2.45, 2.75) is 63.4 Å². The van der Waals surface area contributed by atoms with Crippen molar-refractivity contribution in [2.24, 2.45) is 5.41 Å². The molecule has 150 valence electrons. The highest BCUT2D eigenvalue weighted by molar-refractivity contribution is 5.74. The first-order chi connectivity index (χ1) is 12.6. The standard InChI is InChI=1S/C17H20F5N3O2/c18-13(19)27-12-9-11(1-8-23-12)10-24-14(26)25-16-5-2-15(3-6-16,4-7-16)17(20,21)22/h1,8-9,13H,2-7,10H2,(H2,24,25,26). The highest BCUT2D eigenvalue weighted by Crippen LogP contribution is 2.59. The van der Waals surface area contributed by atoms with E-state index in [0.29, 0.717) is 24.8 Å². The summed E-state index contributed by atoms with van der Waals surface area (Å²) in [7, 11) is 0. The summed E-state index contributed by atoms with van der Waals surface area (Å²) >= 11 is 0. The zero-order chi connectivity index (χ0) is 19.7. The molecule has 2 N–H and O–H groups in total. The summed E-state index contributed by atoms with van der Waals surface area (Å²) in [4.78, 5) is 15.8. The van der Waals surface area contributed by atoms with E-state index in [1.54, 1.807) is 0 Å². The SMILES string of the molecule is O=C(NCc1ccnc(OC(F)F)c1)NC12CCC(C(F)(F)F)(CC1)CC2. The second-order valence-corrected chi connectivity index (χ2v) is 7.25. The highest BCUT2D eigenvalue weighted by atomic mass is 19.4. The molecule has 0 saturated heterocycles. The van der Waals surface area contributed by atoms with Crippen molar-refractivity contribution < 1.29 is 31.5 Å². The number of pyridine rings is 1. The quantitative estimate of drug-likeness (QED) is 0.740. The Labute approximate surface area is 152 Å². The molecule has 3 aliphatic rings. The van der Waals surface area contributed by atoms with Gasteiger partial charge in [-0.3, -0.25) is 0 Å². The molecule has 4 rings (SSSR count). The largest absolute Gasteiger partial charge is 0.417 e. The maximum Gasteiger partial charge on any atom is 0.394 e. The molecule has 3 saturated carbocycles. The number of alkyl halides is 5. The number of rotatable bonds is 5. The van der Waals surface area contributed by atoms with E-state index in [2.05, 4.69) is 20.4 Å². The average molecular weight is 393 g/mol. The normalized spacial score (nSPS) is 27.5. The molecule has 5 nitrogen and oxygen atoms in total. The molecule has 0 spiro atoms. The summed E-state index contributed by atoms with van der Waals surface area (Å²) in [6.45, 7) is -2.94. The zero-order valence-corrected chi connectivity index (χ0v) is 14.4. The van der Waals surface area contributed by atoms with Gasteiger partial charge in [-0.2, -0.15) is 22.0 Å². The molecule has 2 amide bonds. The molecule has 0 unspecified atom stereocenters. The molecule has 10 heteroatoms. The number of nitrogens with one attached hydrogen (secondary N) is 2. The fraction of sp³-hybridized carbons (Fsp3) is 0.647. The lowest BCUT2D eigenvalue weighted by Gasteiger charge is -2.53. The van der Waals surface area contributed by atoms with E-state index in [-0.39, 0.29) is 31.7 Å². The molecular weight excluding hydrogens is 373 g/mol. The van der Waals surface area contributed by atoms with Gasteiger partial charge in [-0.1, -0.05) is 0 Å². The minimum absolute atomic E-state index is 0.0233. The van der Waals surface area contributed by atoms with E-state index in [1.165, 1.54) is 18.3 Å². The van der Waals surface area contributed by atoms with Crippen molar-refractivity contribution in [1.82, 2.24) is 15.6 Å². The van der Waals surface area contributed by atoms with E-state index in [4.69, 9.17) is 0 Å². The third kappa shape index (κ3) is 4.24. The number of carbonyl (C=O) groups excluding carboxylic acids is 1. The van der Waals surface area contributed by atoms with Gasteiger partial charge in [0.1, 0.15) is 0 Å². The number of amides is 2. The average Bonchev–Trinajstić information content (AvgIpc) is 2.60. The number of aromatic nitrogens is 1. The van der Waals surface area contributed by atoms with Crippen molar-refractivity contribution in [3.63, 3.8) is 0 Å². The number of halogens is 5. The van der Waals surface area contributed by atoms with Crippen LogP contribution < -0.4 is 15.4 Å². The van der Waals surface area contributed by atoms with Gasteiger partial charge in [-0.05, 0) is 50.2 Å². The predicted molar refractivity (Wildman–Crippen MR) is 85.2 cm³/mol. The molecule has 0 atom stereocenters. The summed E-state index contributed by atoms with van der Waals surface area (Å²) in [5.41, 5.74) is -1.71. The van der Waals surface area contributed by atoms with Crippen LogP contribution in [0.2, 0.25) is 0 Å². The molecule has 0 radical (unpaired) electrons. The zero-order valence-electron chi connectivity index (χ0n) is 14.4. The molecule has 1 aromatic rings. The third-order valence-corrected chi connectivity index (χ3v) is 5.69. The van der Waals surface area contributed by atoms with Crippen LogP contribution in [0, 0.1) is 5.41 Å². The maximum absolute atomic E-state index is 13.3. The van der Waals surface area contributed by atoms with E-state index in [9.17, 15) is 26.7 Å². The summed E-state index contributed by atoms with van der Waals surface area (Å²) in [5.74, 6) is -0.258. The minimum Gasteiger partial charge on any atom is -0.417 e. The monoisotopic (exact) mass is 393 g/mol. The predicted octanol–water partition coefficient (Wildman–Crippen LogP) is 4.14. The molecule has 0 aromatic carbocycles. The van der Waals surface area contributed by atoms with Crippen molar-refractivity contribution in [3.05, 3.63) is 23.9 Å². The molecule has 1 heterocycles. The maximum atomic E-state index is 13.3. The van der Waals surface area contributed by atoms with Gasteiger partial charge in [0.15, 0.2) is 0 Å². The number of fused-ring (bicyclic) bond motifs is 3. The molecule has 1 aromatic heterocycles. The van der Waals surface area contributed by atoms with Crippen LogP contribution in [0.1, 0.15) is 44.1 Å². The molecular formula is C17H20F5N3O2. The fourth-order valence-electron chi connectivity index (χ4n) is 3.98. The lowest BCUT2D eigenvalue weighted by Crippen LogP contribution is -2.61. The lowest BCUT2D eigenvalue weighted by atomic mass is 9.57. The topological polar surface area (TPSA) is 63.2 Å². The molecule has 0 aliphatic heterocycles. The molecule has 2 bridgehead atoms. The van der Waals surface area contributed by atoms with Crippen molar-refractivity contribution in [2.75, 3.05) is 0 Å². The van der Waals surface area contributed by atoms with Gasteiger partial charge in [0.05, 0.1) is 5.41 Å². The molecule has 3 aliphatic carbocycles. The number of hydrogen-bond donors (Lipinski definition) is 2. The molecule has 27 heavy (non-hydrogen) atoms. The van der Waals surface area contributed by atoms with E-state index in [0.717, 1.165) is 0 Å². The smallest absolute Gasteiger partial charge is 0.394 e. The number of carbonyl (C=O) groups is 1. The van der Waals surface area contributed by atoms with Crippen LogP contribution in [-0.2, 0) is 6.54 Å². The Hall–Kier alpha value is -2.13. The van der Waals surface area contributed by atoms with E-state index in [1.807, 2.05) is 0 Å². The summed E-state index contributed by atoms with van der Waals surface area (Å²) in [5, 5.41) is 5.42. The van der Waals surface area contributed by atoms with E-state index < -0.39 is 29.8 Å². The summed E-state index contributed by atoms with van der Waals surface area (Å²) < 4.78 is 68.4. The van der Waals surface area contributed by atoms with Gasteiger partial charge in [-0.25, -0.2) is 9.78 Å². The Morgan fingerprint density at radius 2 is 1.81 bits per heavy atom. The number of hydrogen-bond acceptors (Lipinski definition) is 3. The Bertz CT molecular complexity index is 671. The number of nitrogens with zero attached hydrogens (tertiary/aromatic N) is 1. The first-order valence-electron chi connectivity index (χ1n) is 8.66. The van der Waals surface area contributed by atoms with Crippen LogP contribution >= 0.6 is 0 Å². The second-order valence-electron chi connectivity index (χ2n) is 7.25. The van der Waals surface area contributed by atoms with Crippen molar-refractivity contribution in [1.29, 1.82) is 0 Å². The number of ether oxygens (including phenoxy) is 1. The summed E-state index contributed by atoms with van der Waals surface area (Å²) in [6.07, 6.45) is -1.98. The van der Waals surface area contributed by atoms with Crippen LogP contribution in [-0.4, -0.2) is 29.3 Å². The minimum atomic E-state index is -4.21. The van der Waals surface area contributed by atoms with Crippen LogP contribution in [0.5, 0.6) is 5.88 Å². The van der Waals surface area contributed by atoms with Gasteiger partial charge in [0, 0.05) is 24.3 Å².